The molecule has 1 aliphatic carbocycles. The van der Waals surface area contributed by atoms with E-state index in [4.69, 9.17) is 27.0 Å². The van der Waals surface area contributed by atoms with E-state index in [0.29, 0.717) is 0 Å². The first kappa shape index (κ1) is 16.4. The molecule has 1 fully saturated rings. The summed E-state index contributed by atoms with van der Waals surface area (Å²) in [7, 11) is 1.38. The minimum absolute atomic E-state index is 0.0883. The Morgan fingerprint density at radius 1 is 1.33 bits per heavy atom. The summed E-state index contributed by atoms with van der Waals surface area (Å²) in [6.45, 7) is -0.164. The second-order valence-corrected chi connectivity index (χ2v) is 7.84. The highest BCUT2D eigenvalue weighted by Crippen LogP contribution is 2.28. The third kappa shape index (κ3) is 4.76. The quantitative estimate of drug-likeness (QED) is 0.827. The number of halogens is 2. The molecule has 0 atom stereocenters. The minimum Gasteiger partial charge on any atom is -0.482 e. The minimum atomic E-state index is -3.84. The van der Waals surface area contributed by atoms with E-state index in [0.717, 1.165) is 25.7 Å². The summed E-state index contributed by atoms with van der Waals surface area (Å²) in [5, 5.41) is 2.97. The lowest BCUT2D eigenvalue weighted by atomic mass is 10.2. The van der Waals surface area contributed by atoms with Crippen molar-refractivity contribution in [1.82, 2.24) is 5.32 Å². The average molecular weight is 352 g/mol. The van der Waals surface area contributed by atoms with Crippen LogP contribution < -0.4 is 10.1 Å². The van der Waals surface area contributed by atoms with Gasteiger partial charge in [-0.1, -0.05) is 24.4 Å². The number of carbonyl (C=O) groups is 1. The van der Waals surface area contributed by atoms with E-state index in [9.17, 15) is 13.2 Å². The van der Waals surface area contributed by atoms with E-state index in [-0.39, 0.29) is 34.2 Å². The standard InChI is InChI=1S/C13H15Cl2NO4S/c14-11-7-10(21(15,18)19)5-6-12(11)20-8-13(17)16-9-3-1-2-4-9/h5-7,9H,1-4,8H2,(H,16,17). The van der Waals surface area contributed by atoms with Crippen LogP contribution >= 0.6 is 22.3 Å². The predicted octanol–water partition coefficient (Wildman–Crippen LogP) is 2.71. The van der Waals surface area contributed by atoms with Gasteiger partial charge in [0.1, 0.15) is 5.75 Å². The summed E-state index contributed by atoms with van der Waals surface area (Å²) in [6.07, 6.45) is 4.25. The van der Waals surface area contributed by atoms with Crippen LogP contribution in [0.4, 0.5) is 0 Å². The van der Waals surface area contributed by atoms with E-state index in [1.165, 1.54) is 18.2 Å². The second kappa shape index (κ2) is 6.85. The van der Waals surface area contributed by atoms with Crippen LogP contribution in [0.25, 0.3) is 0 Å². The summed E-state index contributed by atoms with van der Waals surface area (Å²) in [6, 6.07) is 4.06. The van der Waals surface area contributed by atoms with Crippen LogP contribution in [0.3, 0.4) is 0 Å². The van der Waals surface area contributed by atoms with E-state index < -0.39 is 9.05 Å². The van der Waals surface area contributed by atoms with Crippen molar-refractivity contribution in [3.8, 4) is 5.75 Å². The molecule has 1 amide bonds. The normalized spacial score (nSPS) is 15.9. The van der Waals surface area contributed by atoms with Crippen LogP contribution in [-0.2, 0) is 13.8 Å². The average Bonchev–Trinajstić information content (AvgIpc) is 2.89. The van der Waals surface area contributed by atoms with Gasteiger partial charge in [-0.3, -0.25) is 4.79 Å². The van der Waals surface area contributed by atoms with Gasteiger partial charge in [0.2, 0.25) is 0 Å². The zero-order valence-corrected chi connectivity index (χ0v) is 13.5. The van der Waals surface area contributed by atoms with Crippen LogP contribution in [0.2, 0.25) is 5.02 Å². The van der Waals surface area contributed by atoms with Crippen molar-refractivity contribution in [3.63, 3.8) is 0 Å². The van der Waals surface area contributed by atoms with E-state index in [1.54, 1.807) is 0 Å². The SMILES string of the molecule is O=C(COc1ccc(S(=O)(=O)Cl)cc1Cl)NC1CCCC1. The van der Waals surface area contributed by atoms with Gasteiger partial charge in [-0.15, -0.1) is 0 Å². The van der Waals surface area contributed by atoms with Crippen molar-refractivity contribution in [1.29, 1.82) is 0 Å². The largest absolute Gasteiger partial charge is 0.482 e. The predicted molar refractivity (Wildman–Crippen MR) is 80.4 cm³/mol. The molecule has 1 aliphatic rings. The molecule has 0 bridgehead atoms. The lowest BCUT2D eigenvalue weighted by Crippen LogP contribution is -2.36. The zero-order chi connectivity index (χ0) is 15.5. The van der Waals surface area contributed by atoms with Gasteiger partial charge < -0.3 is 10.1 Å². The van der Waals surface area contributed by atoms with Crippen molar-refractivity contribution in [2.24, 2.45) is 0 Å². The molecule has 1 N–H and O–H groups in total. The summed E-state index contributed by atoms with van der Waals surface area (Å²) in [4.78, 5) is 11.6. The molecule has 0 aromatic heterocycles. The topological polar surface area (TPSA) is 72.5 Å². The van der Waals surface area contributed by atoms with Gasteiger partial charge in [0.25, 0.3) is 15.0 Å². The summed E-state index contributed by atoms with van der Waals surface area (Å²) < 4.78 is 27.6. The van der Waals surface area contributed by atoms with Crippen LogP contribution in [0.1, 0.15) is 25.7 Å². The third-order valence-electron chi connectivity index (χ3n) is 3.26. The molecule has 116 valence electrons. The molecule has 1 aromatic carbocycles. The summed E-state index contributed by atoms with van der Waals surface area (Å²) >= 11 is 5.91. The fourth-order valence-electron chi connectivity index (χ4n) is 2.23. The van der Waals surface area contributed by atoms with Crippen LogP contribution in [0, 0.1) is 0 Å². The number of rotatable bonds is 5. The number of carbonyl (C=O) groups excluding carboxylic acids is 1. The van der Waals surface area contributed by atoms with Crippen molar-refractivity contribution in [2.75, 3.05) is 6.61 Å². The van der Waals surface area contributed by atoms with Crippen molar-refractivity contribution in [3.05, 3.63) is 23.2 Å². The van der Waals surface area contributed by atoms with Crippen molar-refractivity contribution in [2.45, 2.75) is 36.6 Å². The highest BCUT2D eigenvalue weighted by molar-refractivity contribution is 8.13. The second-order valence-electron chi connectivity index (χ2n) is 4.87. The lowest BCUT2D eigenvalue weighted by Gasteiger charge is -2.13. The smallest absolute Gasteiger partial charge is 0.261 e. The summed E-state index contributed by atoms with van der Waals surface area (Å²) in [5.74, 6) is 0.0225. The molecule has 8 heteroatoms. The first-order valence-corrected chi connectivity index (χ1v) is 9.21. The molecular formula is C13H15Cl2NO4S. The molecule has 0 unspecified atom stereocenters. The first-order valence-electron chi connectivity index (χ1n) is 6.52. The molecule has 0 saturated heterocycles. The fraction of sp³-hybridized carbons (Fsp3) is 0.462. The van der Waals surface area contributed by atoms with Crippen molar-refractivity contribution >= 4 is 37.2 Å². The Labute approximate surface area is 133 Å². The van der Waals surface area contributed by atoms with E-state index in [2.05, 4.69) is 5.32 Å². The Balaban J connectivity index is 1.92. The maximum absolute atomic E-state index is 11.7. The molecule has 1 aromatic rings. The van der Waals surface area contributed by atoms with Crippen LogP contribution in [-0.4, -0.2) is 27.0 Å². The number of amides is 1. The van der Waals surface area contributed by atoms with Crippen molar-refractivity contribution < 1.29 is 17.9 Å². The highest BCUT2D eigenvalue weighted by Gasteiger charge is 2.18. The van der Waals surface area contributed by atoms with Gasteiger partial charge in [-0.2, -0.15) is 0 Å². The van der Waals surface area contributed by atoms with Gasteiger partial charge in [0.15, 0.2) is 6.61 Å². The van der Waals surface area contributed by atoms with Gasteiger partial charge in [-0.05, 0) is 31.0 Å². The number of benzene rings is 1. The van der Waals surface area contributed by atoms with Crippen LogP contribution in [0.15, 0.2) is 23.1 Å². The van der Waals surface area contributed by atoms with E-state index >= 15 is 0 Å². The van der Waals surface area contributed by atoms with Gasteiger partial charge in [0.05, 0.1) is 9.92 Å². The monoisotopic (exact) mass is 351 g/mol. The molecule has 0 heterocycles. The Morgan fingerprint density at radius 2 is 2.00 bits per heavy atom. The molecular weight excluding hydrogens is 337 g/mol. The molecule has 0 spiro atoms. The Bertz CT molecular complexity index is 627. The number of hydrogen-bond acceptors (Lipinski definition) is 4. The van der Waals surface area contributed by atoms with E-state index in [1.807, 2.05) is 0 Å². The zero-order valence-electron chi connectivity index (χ0n) is 11.1. The maximum Gasteiger partial charge on any atom is 0.261 e. The van der Waals surface area contributed by atoms with Crippen LogP contribution in [0.5, 0.6) is 5.75 Å². The number of nitrogens with one attached hydrogen (secondary N) is 1. The Morgan fingerprint density at radius 3 is 2.57 bits per heavy atom. The van der Waals surface area contributed by atoms with Gasteiger partial charge in [0, 0.05) is 16.7 Å². The molecule has 0 radical (unpaired) electrons. The molecule has 1 saturated carbocycles. The highest BCUT2D eigenvalue weighted by atomic mass is 35.7. The molecule has 2 rings (SSSR count). The fourth-order valence-corrected chi connectivity index (χ4v) is 3.31. The first-order chi connectivity index (χ1) is 9.86. The molecule has 0 aliphatic heterocycles. The van der Waals surface area contributed by atoms with Gasteiger partial charge >= 0.3 is 0 Å². The Hall–Kier alpha value is -0.980. The Kier molecular flexibility index (Phi) is 5.35. The third-order valence-corrected chi connectivity index (χ3v) is 4.91. The molecule has 21 heavy (non-hydrogen) atoms. The lowest BCUT2D eigenvalue weighted by molar-refractivity contribution is -0.123. The number of hydrogen-bond donors (Lipinski definition) is 1. The van der Waals surface area contributed by atoms with Gasteiger partial charge in [-0.25, -0.2) is 8.42 Å². The molecule has 5 nitrogen and oxygen atoms in total. The number of ether oxygens (including phenoxy) is 1. The maximum atomic E-state index is 11.7. The summed E-state index contributed by atoms with van der Waals surface area (Å²) in [5.41, 5.74) is 0.